The molecule has 1 aliphatic carbocycles. The first-order valence-electron chi connectivity index (χ1n) is 13.1. The van der Waals surface area contributed by atoms with Gasteiger partial charge in [-0.15, -0.1) is 0 Å². The topological polar surface area (TPSA) is 125 Å². The summed E-state index contributed by atoms with van der Waals surface area (Å²) in [5, 5.41) is 8.88. The molecular formula is C29H26F2N6O3S. The maximum absolute atomic E-state index is 15.3. The van der Waals surface area contributed by atoms with Crippen molar-refractivity contribution >= 4 is 39.1 Å². The van der Waals surface area contributed by atoms with Crippen LogP contribution in [0.5, 0.6) is 0 Å². The summed E-state index contributed by atoms with van der Waals surface area (Å²) in [4.78, 5) is 22.1. The van der Waals surface area contributed by atoms with Crippen LogP contribution in [0.15, 0.2) is 77.8 Å². The molecule has 4 N–H and O–H groups in total. The van der Waals surface area contributed by atoms with Crippen LogP contribution in [-0.2, 0) is 20.2 Å². The van der Waals surface area contributed by atoms with Gasteiger partial charge in [0.2, 0.25) is 21.9 Å². The summed E-state index contributed by atoms with van der Waals surface area (Å²) in [5.74, 6) is -0.786. The van der Waals surface area contributed by atoms with Gasteiger partial charge in [-0.1, -0.05) is 24.3 Å². The first kappa shape index (κ1) is 26.8. The SMILES string of the molecule is O=C(Nc1ccc(-c2cnc3nc2NCCCNS(=O)(=O)c2cccc(c2)N3)cc1F)C1(c2cccc(F)c2)CC1. The first-order chi connectivity index (χ1) is 19.7. The van der Waals surface area contributed by atoms with Crippen molar-refractivity contribution in [2.24, 2.45) is 0 Å². The Bertz CT molecular complexity index is 1760. The molecule has 1 aromatic heterocycles. The summed E-state index contributed by atoms with van der Waals surface area (Å²) in [6.07, 6.45) is 3.13. The van der Waals surface area contributed by atoms with Crippen molar-refractivity contribution in [2.75, 3.05) is 29.0 Å². The third-order valence-corrected chi connectivity index (χ3v) is 8.68. The van der Waals surface area contributed by atoms with Crippen LogP contribution < -0.4 is 20.7 Å². The fourth-order valence-corrected chi connectivity index (χ4v) is 5.95. The van der Waals surface area contributed by atoms with Crippen LogP contribution in [-0.4, -0.2) is 37.4 Å². The predicted molar refractivity (Wildman–Crippen MR) is 151 cm³/mol. The summed E-state index contributed by atoms with van der Waals surface area (Å²) in [7, 11) is -3.67. The molecule has 2 heterocycles. The molecule has 12 heteroatoms. The second kappa shape index (κ2) is 10.5. The number of fused-ring (bicyclic) bond motifs is 4. The molecule has 0 spiro atoms. The second-order valence-electron chi connectivity index (χ2n) is 10.0. The lowest BCUT2D eigenvalue weighted by Crippen LogP contribution is -2.28. The summed E-state index contributed by atoms with van der Waals surface area (Å²) >= 11 is 0. The van der Waals surface area contributed by atoms with Gasteiger partial charge >= 0.3 is 0 Å². The van der Waals surface area contributed by atoms with Gasteiger partial charge in [0, 0.05) is 30.5 Å². The van der Waals surface area contributed by atoms with Crippen LogP contribution in [0.25, 0.3) is 11.1 Å². The van der Waals surface area contributed by atoms with Crippen molar-refractivity contribution in [2.45, 2.75) is 29.6 Å². The quantitative estimate of drug-likeness (QED) is 0.272. The third-order valence-electron chi connectivity index (χ3n) is 7.22. The molecule has 1 fully saturated rings. The van der Waals surface area contributed by atoms with E-state index in [0.717, 1.165) is 0 Å². The van der Waals surface area contributed by atoms with E-state index in [1.54, 1.807) is 36.5 Å². The zero-order chi connectivity index (χ0) is 28.6. The van der Waals surface area contributed by atoms with Gasteiger partial charge in [0.15, 0.2) is 0 Å². The van der Waals surface area contributed by atoms with Gasteiger partial charge in [-0.05, 0) is 72.9 Å². The number of carbonyl (C=O) groups is 1. The van der Waals surface area contributed by atoms with Crippen molar-refractivity contribution in [1.82, 2.24) is 14.7 Å². The van der Waals surface area contributed by atoms with Gasteiger partial charge in [0.1, 0.15) is 17.5 Å². The van der Waals surface area contributed by atoms with E-state index >= 15 is 4.39 Å². The van der Waals surface area contributed by atoms with Gasteiger partial charge in [-0.2, -0.15) is 4.98 Å². The van der Waals surface area contributed by atoms with E-state index in [1.807, 2.05) is 0 Å². The van der Waals surface area contributed by atoms with Crippen molar-refractivity contribution < 1.29 is 22.0 Å². The number of rotatable bonds is 4. The van der Waals surface area contributed by atoms with E-state index in [9.17, 15) is 17.6 Å². The molecular weight excluding hydrogens is 550 g/mol. The zero-order valence-corrected chi connectivity index (χ0v) is 22.6. The van der Waals surface area contributed by atoms with Crippen molar-refractivity contribution in [3.05, 3.63) is 90.1 Å². The molecule has 0 unspecified atom stereocenters. The number of sulfonamides is 1. The Morgan fingerprint density at radius 3 is 2.59 bits per heavy atom. The summed E-state index contributed by atoms with van der Waals surface area (Å²) < 4.78 is 56.8. The fraction of sp³-hybridized carbons (Fsp3) is 0.207. The average Bonchev–Trinajstić information content (AvgIpc) is 3.76. The van der Waals surface area contributed by atoms with Crippen LogP contribution in [0.1, 0.15) is 24.8 Å². The largest absolute Gasteiger partial charge is 0.369 e. The molecule has 9 nitrogen and oxygen atoms in total. The molecule has 0 saturated heterocycles. The van der Waals surface area contributed by atoms with Gasteiger partial charge in [-0.3, -0.25) is 4.79 Å². The van der Waals surface area contributed by atoms with E-state index in [2.05, 4.69) is 30.6 Å². The fourth-order valence-electron chi connectivity index (χ4n) is 4.83. The minimum Gasteiger partial charge on any atom is -0.369 e. The highest BCUT2D eigenvalue weighted by molar-refractivity contribution is 7.89. The molecule has 1 saturated carbocycles. The monoisotopic (exact) mass is 576 g/mol. The summed E-state index contributed by atoms with van der Waals surface area (Å²) in [6, 6.07) is 16.7. The van der Waals surface area contributed by atoms with Crippen molar-refractivity contribution in [3.63, 3.8) is 0 Å². The number of amides is 1. The van der Waals surface area contributed by atoms with Crippen LogP contribution >= 0.6 is 0 Å². The minimum atomic E-state index is -3.67. The predicted octanol–water partition coefficient (Wildman–Crippen LogP) is 4.93. The number of benzene rings is 3. The van der Waals surface area contributed by atoms with Gasteiger partial charge < -0.3 is 16.0 Å². The Morgan fingerprint density at radius 2 is 1.80 bits per heavy atom. The lowest BCUT2D eigenvalue weighted by molar-refractivity contribution is -0.118. The lowest BCUT2D eigenvalue weighted by atomic mass is 9.94. The molecule has 4 aromatic rings. The Kier molecular flexibility index (Phi) is 6.88. The van der Waals surface area contributed by atoms with E-state index in [1.165, 1.54) is 36.4 Å². The van der Waals surface area contributed by atoms with Gasteiger partial charge in [-0.25, -0.2) is 26.9 Å². The first-order valence-corrected chi connectivity index (χ1v) is 14.6. The molecule has 210 valence electrons. The summed E-state index contributed by atoms with van der Waals surface area (Å²) in [5.41, 5.74) is 1.21. The molecule has 2 aliphatic rings. The van der Waals surface area contributed by atoms with Crippen LogP contribution in [0, 0.1) is 11.6 Å². The number of hydrogen-bond acceptors (Lipinski definition) is 7. The number of nitrogens with one attached hydrogen (secondary N) is 4. The standard InChI is InChI=1S/C29H26F2N6O3S/c30-20-5-1-4-19(15-20)29(10-11-29)27(38)36-25-9-8-18(14-24(25)31)23-17-33-28-35-21-6-2-7-22(16-21)41(39,40)34-13-3-12-32-26(23)37-28/h1-2,4-9,14-17,34H,3,10-13H2,(H,36,38)(H2,32,33,35,37). The third kappa shape index (κ3) is 5.48. The number of hydrogen-bond donors (Lipinski definition) is 4. The molecule has 0 radical (unpaired) electrons. The highest BCUT2D eigenvalue weighted by Crippen LogP contribution is 2.49. The molecule has 6 rings (SSSR count). The van der Waals surface area contributed by atoms with Crippen LogP contribution in [0.3, 0.4) is 0 Å². The molecule has 0 atom stereocenters. The Labute approximate surface area is 235 Å². The van der Waals surface area contributed by atoms with Crippen molar-refractivity contribution in [3.8, 4) is 11.1 Å². The average molecular weight is 577 g/mol. The maximum Gasteiger partial charge on any atom is 0.240 e. The second-order valence-corrected chi connectivity index (χ2v) is 11.8. The lowest BCUT2D eigenvalue weighted by Gasteiger charge is -2.17. The van der Waals surface area contributed by atoms with Gasteiger partial charge in [0.25, 0.3) is 0 Å². The molecule has 41 heavy (non-hydrogen) atoms. The van der Waals surface area contributed by atoms with Crippen LogP contribution in [0.4, 0.5) is 31.9 Å². The number of nitrogens with zero attached hydrogens (tertiary/aromatic N) is 2. The van der Waals surface area contributed by atoms with E-state index in [-0.39, 0.29) is 29.0 Å². The molecule has 3 aromatic carbocycles. The minimum absolute atomic E-state index is 0.0145. The maximum atomic E-state index is 15.3. The summed E-state index contributed by atoms with van der Waals surface area (Å²) in [6.45, 7) is 0.600. The normalized spacial score (nSPS) is 17.0. The Morgan fingerprint density at radius 1 is 0.976 bits per heavy atom. The van der Waals surface area contributed by atoms with Crippen LogP contribution in [0.2, 0.25) is 0 Å². The Balaban J connectivity index is 1.26. The zero-order valence-electron chi connectivity index (χ0n) is 21.7. The number of halogens is 2. The smallest absolute Gasteiger partial charge is 0.240 e. The number of aromatic nitrogens is 2. The highest BCUT2D eigenvalue weighted by Gasteiger charge is 2.51. The Hall–Kier alpha value is -4.42. The molecule has 1 aliphatic heterocycles. The molecule has 1 amide bonds. The van der Waals surface area contributed by atoms with E-state index in [0.29, 0.717) is 54.0 Å². The number of anilines is 4. The number of carbonyl (C=O) groups excluding carboxylic acids is 1. The van der Waals surface area contributed by atoms with E-state index in [4.69, 9.17) is 0 Å². The molecule has 4 bridgehead atoms. The van der Waals surface area contributed by atoms with Crippen molar-refractivity contribution in [1.29, 1.82) is 0 Å². The van der Waals surface area contributed by atoms with E-state index < -0.39 is 27.1 Å². The van der Waals surface area contributed by atoms with Gasteiger partial charge in [0.05, 0.1) is 16.0 Å². The highest BCUT2D eigenvalue weighted by atomic mass is 32.2.